The monoisotopic (exact) mass is 451 g/mol. The Labute approximate surface area is 194 Å². The van der Waals surface area contributed by atoms with Crippen molar-refractivity contribution >= 4 is 11.7 Å². The molecule has 0 aromatic rings. The van der Waals surface area contributed by atoms with Crippen LogP contribution in [0.3, 0.4) is 0 Å². The lowest BCUT2D eigenvalue weighted by atomic mass is 9.73. The van der Waals surface area contributed by atoms with Crippen LogP contribution in [0.25, 0.3) is 0 Å². The predicted octanol–water partition coefficient (Wildman–Crippen LogP) is 4.44. The van der Waals surface area contributed by atoms with Crippen LogP contribution in [0.4, 0.5) is 0 Å². The summed E-state index contributed by atoms with van der Waals surface area (Å²) >= 11 is 0. The van der Waals surface area contributed by atoms with E-state index in [-0.39, 0.29) is 29.9 Å². The Bertz CT molecular complexity index is 575. The Morgan fingerprint density at radius 2 is 1.75 bits per heavy atom. The summed E-state index contributed by atoms with van der Waals surface area (Å²) in [5, 5.41) is 3.29. The fourth-order valence-electron chi connectivity index (χ4n) is 5.56. The van der Waals surface area contributed by atoms with Gasteiger partial charge in [-0.2, -0.15) is 0 Å². The number of ether oxygens (including phenoxy) is 3. The minimum atomic E-state index is -0.137. The molecule has 3 rings (SSSR count). The van der Waals surface area contributed by atoms with Gasteiger partial charge in [0.1, 0.15) is 5.78 Å². The molecule has 3 aliphatic rings. The van der Waals surface area contributed by atoms with Crippen LogP contribution in [0.15, 0.2) is 0 Å². The number of carbonyl (C=O) groups is 2. The van der Waals surface area contributed by atoms with Crippen molar-refractivity contribution in [3.63, 3.8) is 0 Å². The standard InChI is InChI=1S/C26H45NO5/c1-3-15-30-16-6-4-5-7-17-31-21-11-9-20(10-12-21)26(29)27-24-19(2)8-13-22-23(28)14-18-32-25(22)24/h19-22,24-25H,3-18H2,1-2H3,(H,27,29). The molecule has 2 aliphatic carbocycles. The minimum Gasteiger partial charge on any atom is -0.381 e. The van der Waals surface area contributed by atoms with E-state index in [0.717, 1.165) is 77.6 Å². The zero-order valence-electron chi connectivity index (χ0n) is 20.3. The first-order chi connectivity index (χ1) is 15.6. The third-order valence-corrected chi connectivity index (χ3v) is 7.61. The van der Waals surface area contributed by atoms with E-state index in [9.17, 15) is 9.59 Å². The van der Waals surface area contributed by atoms with Gasteiger partial charge in [0.25, 0.3) is 0 Å². The highest BCUT2D eigenvalue weighted by atomic mass is 16.5. The van der Waals surface area contributed by atoms with Gasteiger partial charge < -0.3 is 19.5 Å². The minimum absolute atomic E-state index is 0.0294. The van der Waals surface area contributed by atoms with E-state index in [1.165, 1.54) is 12.8 Å². The Hall–Kier alpha value is -0.980. The molecule has 0 aromatic carbocycles. The fourth-order valence-corrected chi connectivity index (χ4v) is 5.56. The van der Waals surface area contributed by atoms with E-state index in [0.29, 0.717) is 30.8 Å². The number of ketones is 1. The molecule has 0 radical (unpaired) electrons. The molecule has 32 heavy (non-hydrogen) atoms. The number of hydrogen-bond donors (Lipinski definition) is 1. The van der Waals surface area contributed by atoms with Gasteiger partial charge in [0, 0.05) is 38.1 Å². The molecule has 184 valence electrons. The second kappa shape index (κ2) is 13.7. The van der Waals surface area contributed by atoms with Crippen molar-refractivity contribution in [1.82, 2.24) is 5.32 Å². The van der Waals surface area contributed by atoms with Crippen LogP contribution in [0, 0.1) is 17.8 Å². The fraction of sp³-hybridized carbons (Fsp3) is 0.923. The number of fused-ring (bicyclic) bond motifs is 1. The summed E-state index contributed by atoms with van der Waals surface area (Å²) in [7, 11) is 0. The molecule has 6 heteroatoms. The summed E-state index contributed by atoms with van der Waals surface area (Å²) in [5.41, 5.74) is 0. The molecule has 0 aromatic heterocycles. The summed E-state index contributed by atoms with van der Waals surface area (Å²) in [6, 6.07) is -0.0353. The molecule has 4 atom stereocenters. The smallest absolute Gasteiger partial charge is 0.223 e. The van der Waals surface area contributed by atoms with E-state index >= 15 is 0 Å². The molecule has 1 saturated heterocycles. The lowest BCUT2D eigenvalue weighted by molar-refractivity contribution is -0.148. The molecule has 1 N–H and O–H groups in total. The number of hydrogen-bond acceptors (Lipinski definition) is 5. The molecule has 3 fully saturated rings. The molecule has 0 bridgehead atoms. The number of Topliss-reactive ketones (excluding diaryl/α,β-unsaturated/α-hetero) is 1. The average Bonchev–Trinajstić information content (AvgIpc) is 2.80. The molecule has 0 spiro atoms. The quantitative estimate of drug-likeness (QED) is 0.444. The topological polar surface area (TPSA) is 73.9 Å². The van der Waals surface area contributed by atoms with E-state index in [2.05, 4.69) is 19.2 Å². The zero-order chi connectivity index (χ0) is 22.8. The molecular formula is C26H45NO5. The van der Waals surface area contributed by atoms with Crippen molar-refractivity contribution in [3.05, 3.63) is 0 Å². The van der Waals surface area contributed by atoms with Crippen LogP contribution in [-0.4, -0.2) is 56.4 Å². The van der Waals surface area contributed by atoms with Gasteiger partial charge in [-0.15, -0.1) is 0 Å². The van der Waals surface area contributed by atoms with Crippen molar-refractivity contribution < 1.29 is 23.8 Å². The number of carbonyl (C=O) groups excluding carboxylic acids is 2. The lowest BCUT2D eigenvalue weighted by Crippen LogP contribution is -2.58. The Kier molecular flexibility index (Phi) is 10.9. The summed E-state index contributed by atoms with van der Waals surface area (Å²) < 4.78 is 17.6. The first-order valence-corrected chi connectivity index (χ1v) is 13.2. The van der Waals surface area contributed by atoms with Crippen molar-refractivity contribution in [1.29, 1.82) is 0 Å². The van der Waals surface area contributed by atoms with E-state index in [1.54, 1.807) is 0 Å². The molecule has 1 aliphatic heterocycles. The Balaban J connectivity index is 1.30. The second-order valence-electron chi connectivity index (χ2n) is 10.1. The van der Waals surface area contributed by atoms with Gasteiger partial charge in [-0.05, 0) is 63.7 Å². The first kappa shape index (κ1) is 25.6. The number of rotatable bonds is 12. The highest BCUT2D eigenvalue weighted by molar-refractivity contribution is 5.83. The Morgan fingerprint density at radius 3 is 2.50 bits per heavy atom. The van der Waals surface area contributed by atoms with E-state index in [1.807, 2.05) is 0 Å². The van der Waals surface area contributed by atoms with Crippen LogP contribution in [0.5, 0.6) is 0 Å². The number of unbranched alkanes of at least 4 members (excludes halogenated alkanes) is 3. The maximum atomic E-state index is 13.0. The van der Waals surface area contributed by atoms with Crippen LogP contribution in [-0.2, 0) is 23.8 Å². The highest BCUT2D eigenvalue weighted by Crippen LogP contribution is 2.36. The van der Waals surface area contributed by atoms with Gasteiger partial charge in [-0.3, -0.25) is 9.59 Å². The third-order valence-electron chi connectivity index (χ3n) is 7.61. The summed E-state index contributed by atoms with van der Waals surface area (Å²) in [4.78, 5) is 25.3. The zero-order valence-corrected chi connectivity index (χ0v) is 20.3. The van der Waals surface area contributed by atoms with Gasteiger partial charge in [-0.1, -0.05) is 26.7 Å². The van der Waals surface area contributed by atoms with E-state index in [4.69, 9.17) is 14.2 Å². The van der Waals surface area contributed by atoms with Crippen molar-refractivity contribution in [3.8, 4) is 0 Å². The first-order valence-electron chi connectivity index (χ1n) is 13.2. The second-order valence-corrected chi connectivity index (χ2v) is 10.1. The largest absolute Gasteiger partial charge is 0.381 e. The Morgan fingerprint density at radius 1 is 1.00 bits per heavy atom. The maximum Gasteiger partial charge on any atom is 0.223 e. The molecule has 4 unspecified atom stereocenters. The molecular weight excluding hydrogens is 406 g/mol. The highest BCUT2D eigenvalue weighted by Gasteiger charge is 2.44. The van der Waals surface area contributed by atoms with Crippen molar-refractivity contribution in [2.75, 3.05) is 26.4 Å². The van der Waals surface area contributed by atoms with E-state index < -0.39 is 0 Å². The van der Waals surface area contributed by atoms with Gasteiger partial charge in [0.2, 0.25) is 5.91 Å². The molecule has 6 nitrogen and oxygen atoms in total. The van der Waals surface area contributed by atoms with Gasteiger partial charge in [-0.25, -0.2) is 0 Å². The SMILES string of the molecule is CCCOCCCCCCOC1CCC(C(=O)NC2C(C)CCC3C(=O)CCOC32)CC1. The van der Waals surface area contributed by atoms with Crippen molar-refractivity contribution in [2.24, 2.45) is 17.8 Å². The van der Waals surface area contributed by atoms with Gasteiger partial charge in [0.05, 0.1) is 24.9 Å². The van der Waals surface area contributed by atoms with Gasteiger partial charge in [0.15, 0.2) is 0 Å². The van der Waals surface area contributed by atoms with Crippen molar-refractivity contribution in [2.45, 2.75) is 109 Å². The summed E-state index contributed by atoms with van der Waals surface area (Å²) in [6.45, 7) is 7.38. The number of amides is 1. The van der Waals surface area contributed by atoms with Crippen LogP contribution in [0.2, 0.25) is 0 Å². The summed E-state index contributed by atoms with van der Waals surface area (Å²) in [5.74, 6) is 0.842. The lowest BCUT2D eigenvalue weighted by Gasteiger charge is -2.44. The summed E-state index contributed by atoms with van der Waals surface area (Å²) in [6.07, 6.45) is 12.0. The number of nitrogens with one attached hydrogen (secondary N) is 1. The van der Waals surface area contributed by atoms with Gasteiger partial charge >= 0.3 is 0 Å². The normalized spacial score (nSPS) is 33.0. The van der Waals surface area contributed by atoms with Crippen LogP contribution in [0.1, 0.15) is 90.9 Å². The van der Waals surface area contributed by atoms with Crippen LogP contribution >= 0.6 is 0 Å². The average molecular weight is 452 g/mol. The third kappa shape index (κ3) is 7.53. The predicted molar refractivity (Wildman–Crippen MR) is 124 cm³/mol. The molecule has 2 saturated carbocycles. The molecule has 1 heterocycles. The maximum absolute atomic E-state index is 13.0. The molecule has 1 amide bonds. The van der Waals surface area contributed by atoms with Crippen LogP contribution < -0.4 is 5.32 Å².